The maximum atomic E-state index is 12.4. The number of anilines is 2. The number of nitrogens with two attached hydrogens (primary N) is 1. The highest BCUT2D eigenvalue weighted by Gasteiger charge is 2.34. The van der Waals surface area contributed by atoms with Crippen LogP contribution in [0.4, 0.5) is 11.4 Å². The van der Waals surface area contributed by atoms with Gasteiger partial charge in [0.15, 0.2) is 23.2 Å². The molecular formula is C72H78N12O9. The van der Waals surface area contributed by atoms with Crippen molar-refractivity contribution in [3.05, 3.63) is 215 Å². The summed E-state index contributed by atoms with van der Waals surface area (Å²) in [7, 11) is 3.30. The molecule has 0 unspecified atom stereocenters. The van der Waals surface area contributed by atoms with Crippen LogP contribution in [0.1, 0.15) is 91.4 Å². The minimum Gasteiger partial charge on any atom is -0.497 e. The molecule has 0 atom stereocenters. The number of tetrazole rings is 2. The van der Waals surface area contributed by atoms with E-state index in [2.05, 4.69) is 102 Å². The van der Waals surface area contributed by atoms with E-state index in [1.54, 1.807) is 55.6 Å². The first-order valence-electron chi connectivity index (χ1n) is 30.8. The van der Waals surface area contributed by atoms with Gasteiger partial charge in [0.2, 0.25) is 0 Å². The van der Waals surface area contributed by atoms with E-state index >= 15 is 0 Å². The van der Waals surface area contributed by atoms with Gasteiger partial charge in [0.1, 0.15) is 11.5 Å². The summed E-state index contributed by atoms with van der Waals surface area (Å²) in [6.45, 7) is 17.1. The van der Waals surface area contributed by atoms with E-state index in [-0.39, 0.29) is 11.6 Å². The van der Waals surface area contributed by atoms with Gasteiger partial charge in [-0.1, -0.05) is 133 Å². The van der Waals surface area contributed by atoms with Gasteiger partial charge in [-0.05, 0) is 162 Å². The molecule has 0 radical (unpaired) electrons. The second kappa shape index (κ2) is 32.5. The summed E-state index contributed by atoms with van der Waals surface area (Å²) in [6, 6.07) is 60.0. The van der Waals surface area contributed by atoms with E-state index in [9.17, 15) is 9.59 Å². The van der Waals surface area contributed by atoms with Crippen LogP contribution in [0.5, 0.6) is 17.5 Å². The fraction of sp³-hybridized carbons (Fsp3) is 0.264. The second-order valence-corrected chi connectivity index (χ2v) is 21.1. The van der Waals surface area contributed by atoms with Gasteiger partial charge in [-0.3, -0.25) is 14.2 Å². The smallest absolute Gasteiger partial charge is 0.412 e. The van der Waals surface area contributed by atoms with Crippen LogP contribution in [-0.4, -0.2) is 115 Å². The van der Waals surface area contributed by atoms with Crippen molar-refractivity contribution in [2.45, 2.75) is 80.8 Å². The molecule has 11 rings (SSSR count). The number of imidazole rings is 1. The number of carbonyl (C=O) groups excluding carboxylic acids is 2. The Morgan fingerprint density at radius 1 is 0.484 bits per heavy atom. The molecule has 0 bridgehead atoms. The van der Waals surface area contributed by atoms with Gasteiger partial charge >= 0.3 is 6.16 Å². The topological polar surface area (TPSA) is 242 Å². The highest BCUT2D eigenvalue weighted by molar-refractivity contribution is 6.05. The van der Waals surface area contributed by atoms with E-state index in [1.165, 1.54) is 0 Å². The Labute approximate surface area is 541 Å². The lowest BCUT2D eigenvalue weighted by molar-refractivity contribution is -0.495. The Bertz CT molecular complexity index is 4180. The van der Waals surface area contributed by atoms with Crippen molar-refractivity contribution in [2.24, 2.45) is 0 Å². The average Bonchev–Trinajstić information content (AvgIpc) is 1.68. The van der Waals surface area contributed by atoms with E-state index in [0.717, 1.165) is 78.2 Å². The number of benzene rings is 8. The minimum atomic E-state index is -1.30. The third kappa shape index (κ3) is 16.7. The summed E-state index contributed by atoms with van der Waals surface area (Å²) in [6.07, 6.45) is -1.30. The van der Waals surface area contributed by atoms with Crippen molar-refractivity contribution in [3.63, 3.8) is 0 Å². The van der Waals surface area contributed by atoms with E-state index in [0.29, 0.717) is 99.4 Å². The van der Waals surface area contributed by atoms with Gasteiger partial charge in [0.25, 0.3) is 6.01 Å². The molecule has 480 valence electrons. The lowest BCUT2D eigenvalue weighted by atomic mass is 9.98. The number of Topliss-reactive ketones (excluding diaryl/α,β-unsaturated/α-hetero) is 2. The molecule has 0 amide bonds. The van der Waals surface area contributed by atoms with Crippen LogP contribution in [-0.2, 0) is 45.1 Å². The molecule has 21 heteroatoms. The maximum Gasteiger partial charge on any atom is 0.412 e. The second-order valence-electron chi connectivity index (χ2n) is 21.1. The van der Waals surface area contributed by atoms with E-state index < -0.39 is 6.16 Å². The molecule has 21 nitrogen and oxygen atoms in total. The number of nitrogens with one attached hydrogen (secondary N) is 1. The average molecular weight is 1260 g/mol. The number of hydrogen-bond acceptors (Lipinski definition) is 18. The summed E-state index contributed by atoms with van der Waals surface area (Å²) < 4.78 is 43.1. The summed E-state index contributed by atoms with van der Waals surface area (Å²) in [4.78, 5) is 29.1. The largest absolute Gasteiger partial charge is 0.497 e. The van der Waals surface area contributed by atoms with Crippen LogP contribution in [0.3, 0.4) is 0 Å². The molecule has 3 N–H and O–H groups in total. The first-order chi connectivity index (χ1) is 45.3. The molecule has 3 aromatic heterocycles. The van der Waals surface area contributed by atoms with Crippen LogP contribution >= 0.6 is 0 Å². The molecule has 11 aromatic rings. The van der Waals surface area contributed by atoms with Crippen molar-refractivity contribution in [1.29, 1.82) is 0 Å². The lowest BCUT2D eigenvalue weighted by Gasteiger charge is -2.30. The fourth-order valence-corrected chi connectivity index (χ4v) is 10.5. The number of nitrogens with zero attached hydrogens (tertiary/aromatic N) is 10. The molecule has 0 saturated heterocycles. The Morgan fingerprint density at radius 3 is 1.37 bits per heavy atom. The number of aromatic nitrogens is 10. The molecule has 0 saturated carbocycles. The van der Waals surface area contributed by atoms with Gasteiger partial charge in [0.05, 0.1) is 89.3 Å². The molecular weight excluding hydrogens is 1180 g/mol. The van der Waals surface area contributed by atoms with Gasteiger partial charge < -0.3 is 44.2 Å². The molecule has 0 fully saturated rings. The number of rotatable bonds is 27. The third-order valence-corrected chi connectivity index (χ3v) is 14.9. The van der Waals surface area contributed by atoms with E-state index in [1.807, 2.05) is 142 Å². The van der Waals surface area contributed by atoms with Crippen molar-refractivity contribution in [2.75, 3.05) is 58.3 Å². The van der Waals surface area contributed by atoms with E-state index in [4.69, 9.17) is 38.9 Å². The summed E-state index contributed by atoms with van der Waals surface area (Å²) >= 11 is 0. The van der Waals surface area contributed by atoms with Gasteiger partial charge in [-0.2, -0.15) is 4.98 Å². The highest BCUT2D eigenvalue weighted by atomic mass is 17.0. The zero-order valence-corrected chi connectivity index (χ0v) is 53.9. The number of carbonyl (C=O) groups is 2. The lowest BCUT2D eigenvalue weighted by Crippen LogP contribution is -2.42. The van der Waals surface area contributed by atoms with Crippen LogP contribution in [0.15, 0.2) is 182 Å². The Balaban J connectivity index is 0.000000185. The molecule has 8 aromatic carbocycles. The number of hydrogen-bond donors (Lipinski definition) is 2. The predicted molar refractivity (Wildman–Crippen MR) is 359 cm³/mol. The van der Waals surface area contributed by atoms with Crippen LogP contribution in [0, 0.1) is 0 Å². The quantitative estimate of drug-likeness (QED) is 0.0276. The molecule has 0 spiro atoms. The SMILES string of the molecule is CCOC(OCC)(OCC)OCC.CCOc1nc2cccc(C(C)=O)c2n1Cc1ccc(-c2ccccc2-c2nnnn2Cc2ccc(OC)cc2)cc1.COc1ccc(Cn2nnnc2-c2ccccc2-c2ccc(CNc3c(N)cccc3C(C)=O)cc2)cc1. The molecule has 0 aliphatic heterocycles. The standard InChI is InChI=1S/C33H30N6O3.C30H28N6O2.C9H20O4/c1-4-42-33-34-30-11-7-10-27(22(2)40)31(30)38(33)20-23-12-16-25(17-13-23)28-8-5-6-9-29(28)32-35-36-37-39(32)21-24-14-18-26(41-3)19-15-24;1-20(37)25-8-5-9-28(31)29(25)32-18-21-10-14-23(15-11-21)26-6-3-4-7-27(26)30-33-34-35-36(30)19-22-12-16-24(38-2)17-13-22;1-5-10-9(11-6-2,12-7-3)13-8-4/h5-19H,4,20-21H2,1-3H3;3-17,32H,18-19,31H2,1-2H3;5-8H2,1-4H3. The van der Waals surface area contributed by atoms with Crippen molar-refractivity contribution in [1.82, 2.24) is 50.0 Å². The Morgan fingerprint density at radius 2 is 0.914 bits per heavy atom. The molecule has 0 aliphatic carbocycles. The maximum absolute atomic E-state index is 12.4. The molecule has 0 aliphatic rings. The van der Waals surface area contributed by atoms with Crippen molar-refractivity contribution >= 4 is 34.0 Å². The predicted octanol–water partition coefficient (Wildman–Crippen LogP) is 13.3. The normalized spacial score (nSPS) is 11.1. The van der Waals surface area contributed by atoms with Crippen LogP contribution < -0.4 is 25.3 Å². The monoisotopic (exact) mass is 1250 g/mol. The first-order valence-corrected chi connectivity index (χ1v) is 30.8. The number of para-hydroxylation sites is 2. The number of nitrogen functional groups attached to an aromatic ring is 1. The summed E-state index contributed by atoms with van der Waals surface area (Å²) in [5.74, 6) is 2.96. The fourth-order valence-electron chi connectivity index (χ4n) is 10.5. The number of fused-ring (bicyclic) bond motifs is 1. The Hall–Kier alpha value is -10.5. The molecule has 3 heterocycles. The Kier molecular flexibility index (Phi) is 23.4. The van der Waals surface area contributed by atoms with Crippen LogP contribution in [0.2, 0.25) is 0 Å². The number of ether oxygens (including phenoxy) is 7. The van der Waals surface area contributed by atoms with Gasteiger partial charge in [0, 0.05) is 28.8 Å². The highest BCUT2D eigenvalue weighted by Crippen LogP contribution is 2.35. The minimum absolute atomic E-state index is 0.00826. The zero-order chi connectivity index (χ0) is 65.7. The van der Waals surface area contributed by atoms with Gasteiger partial charge in [-0.15, -0.1) is 10.2 Å². The third-order valence-electron chi connectivity index (χ3n) is 14.9. The number of methoxy groups -OCH3 is 2. The van der Waals surface area contributed by atoms with Crippen LogP contribution in [0.25, 0.3) is 56.1 Å². The summed E-state index contributed by atoms with van der Waals surface area (Å²) in [5.41, 5.74) is 20.4. The first kappa shape index (κ1) is 67.0. The van der Waals surface area contributed by atoms with Gasteiger partial charge in [-0.25, -0.2) is 9.36 Å². The molecule has 93 heavy (non-hydrogen) atoms. The van der Waals surface area contributed by atoms with Crippen molar-refractivity contribution in [3.8, 4) is 62.5 Å². The van der Waals surface area contributed by atoms with Crippen molar-refractivity contribution < 1.29 is 42.7 Å². The number of ketones is 2. The zero-order valence-electron chi connectivity index (χ0n) is 53.9. The summed E-state index contributed by atoms with van der Waals surface area (Å²) in [5, 5.41) is 28.5.